The smallest absolute Gasteiger partial charge is 0.267 e. The number of aromatic nitrogens is 1. The third kappa shape index (κ3) is 1.93. The van der Waals surface area contributed by atoms with Crippen molar-refractivity contribution < 1.29 is 9.53 Å². The second-order valence-electron chi connectivity index (χ2n) is 5.77. The second-order valence-corrected chi connectivity index (χ2v) is 5.77. The lowest BCUT2D eigenvalue weighted by Gasteiger charge is -2.52. The van der Waals surface area contributed by atoms with Crippen LogP contribution >= 0.6 is 0 Å². The number of fused-ring (bicyclic) bond motifs is 2. The van der Waals surface area contributed by atoms with Crippen molar-refractivity contribution in [3.8, 4) is 0 Å². The van der Waals surface area contributed by atoms with Gasteiger partial charge in [0.25, 0.3) is 5.91 Å². The van der Waals surface area contributed by atoms with E-state index in [0.717, 1.165) is 31.5 Å². The number of nitrogens with one attached hydrogen (secondary N) is 1. The van der Waals surface area contributed by atoms with Crippen LogP contribution < -0.4 is 11.1 Å². The van der Waals surface area contributed by atoms with Gasteiger partial charge in [0.2, 0.25) is 0 Å². The number of nitrogens with two attached hydrogens (primary N) is 1. The summed E-state index contributed by atoms with van der Waals surface area (Å²) >= 11 is 0. The zero-order valence-corrected chi connectivity index (χ0v) is 11.8. The van der Waals surface area contributed by atoms with Gasteiger partial charge >= 0.3 is 0 Å². The standard InChI is InChI=1S/C15H21N3O2/c1-20-15(10-5-6-18-13(7-10)14(16)19)11-3-2-4-12(15)9-17-8-11/h5-7,11-12,17H,2-4,8-9H2,1H3,(H2,16,19)/t11-,12+,15-. The van der Waals surface area contributed by atoms with Crippen molar-refractivity contribution in [1.82, 2.24) is 10.3 Å². The van der Waals surface area contributed by atoms with Crippen molar-refractivity contribution in [2.24, 2.45) is 17.6 Å². The van der Waals surface area contributed by atoms with Gasteiger partial charge in [-0.2, -0.15) is 0 Å². The van der Waals surface area contributed by atoms with Crippen LogP contribution in [0.4, 0.5) is 0 Å². The molecule has 2 aliphatic rings. The quantitative estimate of drug-likeness (QED) is 0.864. The molecule has 2 fully saturated rings. The van der Waals surface area contributed by atoms with Gasteiger partial charge in [-0.25, -0.2) is 0 Å². The van der Waals surface area contributed by atoms with Crippen LogP contribution in [0.2, 0.25) is 0 Å². The molecule has 0 spiro atoms. The van der Waals surface area contributed by atoms with Crippen molar-refractivity contribution in [2.75, 3.05) is 20.2 Å². The number of ether oxygens (including phenoxy) is 1. The molecule has 1 amide bonds. The fourth-order valence-corrected chi connectivity index (χ4v) is 4.04. The first-order chi connectivity index (χ1) is 9.68. The number of amides is 1. The number of piperidine rings is 1. The molecule has 3 rings (SSSR count). The molecule has 20 heavy (non-hydrogen) atoms. The third-order valence-corrected chi connectivity index (χ3v) is 4.90. The van der Waals surface area contributed by atoms with E-state index in [1.165, 1.54) is 6.42 Å². The Kier molecular flexibility index (Phi) is 3.48. The lowest BCUT2D eigenvalue weighted by atomic mass is 9.63. The summed E-state index contributed by atoms with van der Waals surface area (Å²) in [7, 11) is 1.78. The fourth-order valence-electron chi connectivity index (χ4n) is 4.04. The average Bonchev–Trinajstić information content (AvgIpc) is 2.46. The lowest BCUT2D eigenvalue weighted by molar-refractivity contribution is -0.144. The van der Waals surface area contributed by atoms with E-state index in [0.29, 0.717) is 17.5 Å². The lowest BCUT2D eigenvalue weighted by Crippen LogP contribution is -2.57. The molecule has 1 aromatic rings. The van der Waals surface area contributed by atoms with Crippen molar-refractivity contribution in [2.45, 2.75) is 24.9 Å². The summed E-state index contributed by atoms with van der Waals surface area (Å²) < 4.78 is 6.05. The minimum absolute atomic E-state index is 0.309. The molecule has 1 saturated heterocycles. The zero-order valence-electron chi connectivity index (χ0n) is 11.8. The maximum Gasteiger partial charge on any atom is 0.267 e. The van der Waals surface area contributed by atoms with E-state index in [4.69, 9.17) is 10.5 Å². The highest BCUT2D eigenvalue weighted by atomic mass is 16.5. The van der Waals surface area contributed by atoms with Gasteiger partial charge in [0, 0.05) is 38.2 Å². The monoisotopic (exact) mass is 275 g/mol. The van der Waals surface area contributed by atoms with E-state index >= 15 is 0 Å². The molecule has 2 heterocycles. The largest absolute Gasteiger partial charge is 0.373 e. The van der Waals surface area contributed by atoms with Gasteiger partial charge in [-0.15, -0.1) is 0 Å². The second kappa shape index (κ2) is 5.14. The molecule has 5 heteroatoms. The molecule has 3 atom stereocenters. The molecule has 0 unspecified atom stereocenters. The highest BCUT2D eigenvalue weighted by molar-refractivity contribution is 5.90. The Morgan fingerprint density at radius 2 is 2.15 bits per heavy atom. The molecule has 1 aromatic heterocycles. The topological polar surface area (TPSA) is 77.2 Å². The summed E-state index contributed by atoms with van der Waals surface area (Å²) in [5.41, 5.74) is 6.41. The SMILES string of the molecule is CO[C@]1(c2ccnc(C(N)=O)c2)[C@@H]2CCC[C@H]1CNC2. The maximum absolute atomic E-state index is 11.4. The maximum atomic E-state index is 11.4. The molecule has 5 nitrogen and oxygen atoms in total. The van der Waals surface area contributed by atoms with Crippen molar-refractivity contribution in [3.05, 3.63) is 29.6 Å². The number of rotatable bonds is 3. The van der Waals surface area contributed by atoms with E-state index < -0.39 is 5.91 Å². The minimum Gasteiger partial charge on any atom is -0.373 e. The van der Waals surface area contributed by atoms with E-state index in [-0.39, 0.29) is 5.60 Å². The molecule has 2 bridgehead atoms. The number of primary amides is 1. The minimum atomic E-state index is -0.489. The highest BCUT2D eigenvalue weighted by Crippen LogP contribution is 2.49. The number of hydrogen-bond acceptors (Lipinski definition) is 4. The number of methoxy groups -OCH3 is 1. The molecule has 3 N–H and O–H groups in total. The predicted octanol–water partition coefficient (Wildman–Crippen LogP) is 1.04. The van der Waals surface area contributed by atoms with Crippen LogP contribution in [0.3, 0.4) is 0 Å². The molecular weight excluding hydrogens is 254 g/mol. The number of carbonyl (C=O) groups is 1. The normalized spacial score (nSPS) is 32.9. The van der Waals surface area contributed by atoms with Crippen molar-refractivity contribution >= 4 is 5.91 Å². The zero-order chi connectivity index (χ0) is 14.2. The summed E-state index contributed by atoms with van der Waals surface area (Å²) in [5.74, 6) is 0.378. The van der Waals surface area contributed by atoms with Gasteiger partial charge in [-0.1, -0.05) is 6.42 Å². The molecular formula is C15H21N3O2. The van der Waals surface area contributed by atoms with Gasteiger partial charge in [-0.3, -0.25) is 9.78 Å². The molecule has 0 radical (unpaired) electrons. The predicted molar refractivity (Wildman–Crippen MR) is 75.1 cm³/mol. The average molecular weight is 275 g/mol. The molecule has 108 valence electrons. The first kappa shape index (κ1) is 13.5. The summed E-state index contributed by atoms with van der Waals surface area (Å²) in [6, 6.07) is 3.77. The van der Waals surface area contributed by atoms with Crippen molar-refractivity contribution in [1.29, 1.82) is 0 Å². The van der Waals surface area contributed by atoms with Gasteiger partial charge in [0.05, 0.1) is 0 Å². The molecule has 1 aliphatic heterocycles. The number of carbonyl (C=O) groups excluding carboxylic acids is 1. The Morgan fingerprint density at radius 1 is 1.45 bits per heavy atom. The van der Waals surface area contributed by atoms with E-state index in [2.05, 4.69) is 10.3 Å². The Bertz CT molecular complexity index is 496. The molecule has 1 saturated carbocycles. The van der Waals surface area contributed by atoms with E-state index in [1.54, 1.807) is 13.3 Å². The first-order valence-electron chi connectivity index (χ1n) is 7.20. The first-order valence-corrected chi connectivity index (χ1v) is 7.20. The van der Waals surface area contributed by atoms with Crippen LogP contribution in [-0.2, 0) is 10.3 Å². The van der Waals surface area contributed by atoms with Gasteiger partial charge < -0.3 is 15.8 Å². The Morgan fingerprint density at radius 3 is 2.75 bits per heavy atom. The summed E-state index contributed by atoms with van der Waals surface area (Å²) in [6.07, 6.45) is 5.20. The Labute approximate surface area is 118 Å². The van der Waals surface area contributed by atoms with Crippen LogP contribution in [-0.4, -0.2) is 31.1 Å². The van der Waals surface area contributed by atoms with Crippen LogP contribution in [0, 0.1) is 11.8 Å². The van der Waals surface area contributed by atoms with Crippen LogP contribution in [0.5, 0.6) is 0 Å². The van der Waals surface area contributed by atoms with Gasteiger partial charge in [0.1, 0.15) is 11.3 Å². The third-order valence-electron chi connectivity index (χ3n) is 4.90. The van der Waals surface area contributed by atoms with Crippen LogP contribution in [0.15, 0.2) is 18.3 Å². The van der Waals surface area contributed by atoms with Crippen LogP contribution in [0.1, 0.15) is 35.3 Å². The Hall–Kier alpha value is -1.46. The van der Waals surface area contributed by atoms with Gasteiger partial charge in [0.15, 0.2) is 0 Å². The highest BCUT2D eigenvalue weighted by Gasteiger charge is 2.51. The number of hydrogen-bond donors (Lipinski definition) is 2. The fraction of sp³-hybridized carbons (Fsp3) is 0.600. The number of pyridine rings is 1. The van der Waals surface area contributed by atoms with Crippen LogP contribution in [0.25, 0.3) is 0 Å². The van der Waals surface area contributed by atoms with Crippen molar-refractivity contribution in [3.63, 3.8) is 0 Å². The Balaban J connectivity index is 2.08. The van der Waals surface area contributed by atoms with E-state index in [1.807, 2.05) is 12.1 Å². The van der Waals surface area contributed by atoms with E-state index in [9.17, 15) is 4.79 Å². The molecule has 0 aromatic carbocycles. The number of nitrogens with zero attached hydrogens (tertiary/aromatic N) is 1. The summed E-state index contributed by atoms with van der Waals surface area (Å²) in [6.45, 7) is 1.91. The summed E-state index contributed by atoms with van der Waals surface area (Å²) in [5, 5.41) is 3.50. The summed E-state index contributed by atoms with van der Waals surface area (Å²) in [4.78, 5) is 15.4. The van der Waals surface area contributed by atoms with Gasteiger partial charge in [-0.05, 0) is 30.5 Å². The molecule has 1 aliphatic carbocycles.